The molecule has 0 aliphatic heterocycles. The SMILES string of the molecule is CCOc1cccc2cc(C(=O)Nc3nc(-c4ccc(OC)c(C)c4)cs3)oc12. The lowest BCUT2D eigenvalue weighted by Crippen LogP contribution is -2.10. The largest absolute Gasteiger partial charge is 0.496 e. The number of aromatic nitrogens is 1. The number of nitrogens with one attached hydrogen (secondary N) is 1. The van der Waals surface area contributed by atoms with E-state index in [-0.39, 0.29) is 11.7 Å². The first-order valence-electron chi connectivity index (χ1n) is 9.16. The van der Waals surface area contributed by atoms with Gasteiger partial charge in [0.05, 0.1) is 19.4 Å². The van der Waals surface area contributed by atoms with Crippen LogP contribution in [0.1, 0.15) is 23.0 Å². The van der Waals surface area contributed by atoms with Gasteiger partial charge >= 0.3 is 0 Å². The van der Waals surface area contributed by atoms with Gasteiger partial charge in [0.2, 0.25) is 0 Å². The first-order chi connectivity index (χ1) is 14.1. The summed E-state index contributed by atoms with van der Waals surface area (Å²) in [5.41, 5.74) is 3.34. The van der Waals surface area contributed by atoms with Crippen molar-refractivity contribution in [3.8, 4) is 22.8 Å². The van der Waals surface area contributed by atoms with E-state index in [1.54, 1.807) is 13.2 Å². The molecule has 1 amide bonds. The number of methoxy groups -OCH3 is 1. The predicted molar refractivity (Wildman–Crippen MR) is 114 cm³/mol. The van der Waals surface area contributed by atoms with E-state index in [1.807, 2.05) is 55.6 Å². The van der Waals surface area contributed by atoms with E-state index >= 15 is 0 Å². The van der Waals surface area contributed by atoms with Crippen molar-refractivity contribution in [1.82, 2.24) is 4.98 Å². The number of thiazole rings is 1. The number of nitrogens with zero attached hydrogens (tertiary/aromatic N) is 1. The lowest BCUT2D eigenvalue weighted by Gasteiger charge is -2.05. The molecule has 0 bridgehead atoms. The maximum absolute atomic E-state index is 12.6. The van der Waals surface area contributed by atoms with Crippen LogP contribution in [-0.2, 0) is 0 Å². The van der Waals surface area contributed by atoms with Crippen LogP contribution in [0.25, 0.3) is 22.2 Å². The van der Waals surface area contributed by atoms with Gasteiger partial charge in [-0.25, -0.2) is 4.98 Å². The van der Waals surface area contributed by atoms with Crippen LogP contribution in [0.3, 0.4) is 0 Å². The molecule has 148 valence electrons. The monoisotopic (exact) mass is 408 g/mol. The Labute approximate surface area is 172 Å². The second-order valence-corrected chi connectivity index (χ2v) is 7.25. The van der Waals surface area contributed by atoms with Crippen LogP contribution in [0.2, 0.25) is 0 Å². The van der Waals surface area contributed by atoms with Crippen LogP contribution in [0.5, 0.6) is 11.5 Å². The highest BCUT2D eigenvalue weighted by Crippen LogP contribution is 2.31. The summed E-state index contributed by atoms with van der Waals surface area (Å²) >= 11 is 1.36. The summed E-state index contributed by atoms with van der Waals surface area (Å²) in [5.74, 6) is 1.31. The average molecular weight is 408 g/mol. The summed E-state index contributed by atoms with van der Waals surface area (Å²) in [4.78, 5) is 17.2. The zero-order valence-corrected chi connectivity index (χ0v) is 17.1. The fourth-order valence-electron chi connectivity index (χ4n) is 3.08. The Morgan fingerprint density at radius 1 is 1.21 bits per heavy atom. The highest BCUT2D eigenvalue weighted by Gasteiger charge is 2.17. The third kappa shape index (κ3) is 3.82. The number of carbonyl (C=O) groups is 1. The van der Waals surface area contributed by atoms with Crippen LogP contribution >= 0.6 is 11.3 Å². The number of hydrogen-bond donors (Lipinski definition) is 1. The molecule has 0 radical (unpaired) electrons. The maximum atomic E-state index is 12.6. The van der Waals surface area contributed by atoms with Crippen LogP contribution < -0.4 is 14.8 Å². The molecule has 0 atom stereocenters. The molecule has 2 heterocycles. The minimum Gasteiger partial charge on any atom is -0.496 e. The average Bonchev–Trinajstić information content (AvgIpc) is 3.36. The summed E-state index contributed by atoms with van der Waals surface area (Å²) in [6, 6.07) is 13.1. The van der Waals surface area contributed by atoms with Gasteiger partial charge in [-0.15, -0.1) is 11.3 Å². The van der Waals surface area contributed by atoms with Gasteiger partial charge < -0.3 is 13.9 Å². The smallest absolute Gasteiger partial charge is 0.293 e. The number of para-hydroxylation sites is 1. The van der Waals surface area contributed by atoms with Crippen molar-refractivity contribution in [2.75, 3.05) is 19.0 Å². The van der Waals surface area contributed by atoms with E-state index < -0.39 is 0 Å². The molecule has 6 nitrogen and oxygen atoms in total. The molecule has 0 saturated heterocycles. The molecular formula is C22H20N2O4S. The van der Waals surface area contributed by atoms with E-state index in [0.29, 0.717) is 23.1 Å². The molecule has 0 aliphatic rings. The quantitative estimate of drug-likeness (QED) is 0.454. The van der Waals surface area contributed by atoms with Crippen molar-refractivity contribution in [2.24, 2.45) is 0 Å². The van der Waals surface area contributed by atoms with E-state index in [0.717, 1.165) is 28.0 Å². The van der Waals surface area contributed by atoms with E-state index in [1.165, 1.54) is 11.3 Å². The van der Waals surface area contributed by atoms with Crippen molar-refractivity contribution >= 4 is 33.3 Å². The number of anilines is 1. The molecule has 0 saturated carbocycles. The van der Waals surface area contributed by atoms with Crippen LogP contribution in [0.15, 0.2) is 52.3 Å². The summed E-state index contributed by atoms with van der Waals surface area (Å²) in [6.45, 7) is 4.41. The number of carbonyl (C=O) groups excluding carboxylic acids is 1. The molecule has 4 rings (SSSR count). The number of rotatable bonds is 6. The molecule has 0 fully saturated rings. The summed E-state index contributed by atoms with van der Waals surface area (Å²) < 4.78 is 16.6. The molecule has 4 aromatic rings. The van der Waals surface area contributed by atoms with E-state index in [2.05, 4.69) is 10.3 Å². The Bertz CT molecular complexity index is 1180. The zero-order chi connectivity index (χ0) is 20.4. The van der Waals surface area contributed by atoms with Crippen LogP contribution in [0, 0.1) is 6.92 Å². The normalized spacial score (nSPS) is 10.9. The molecule has 29 heavy (non-hydrogen) atoms. The molecule has 0 aliphatic carbocycles. The van der Waals surface area contributed by atoms with Crippen molar-refractivity contribution in [3.63, 3.8) is 0 Å². The lowest BCUT2D eigenvalue weighted by atomic mass is 10.1. The standard InChI is InChI=1S/C22H20N2O4S/c1-4-27-18-7-5-6-15-11-19(28-20(15)18)21(25)24-22-23-16(12-29-22)14-8-9-17(26-3)13(2)10-14/h5-12H,4H2,1-3H3,(H,23,24,25). The topological polar surface area (TPSA) is 73.6 Å². The van der Waals surface area contributed by atoms with Crippen LogP contribution in [-0.4, -0.2) is 24.6 Å². The number of ether oxygens (including phenoxy) is 2. The van der Waals surface area contributed by atoms with Gasteiger partial charge in [0.15, 0.2) is 22.2 Å². The van der Waals surface area contributed by atoms with Crippen molar-refractivity contribution in [1.29, 1.82) is 0 Å². The fourth-order valence-corrected chi connectivity index (χ4v) is 3.79. The Morgan fingerprint density at radius 3 is 2.83 bits per heavy atom. The number of aryl methyl sites for hydroxylation is 1. The first kappa shape index (κ1) is 19.0. The molecule has 2 aromatic carbocycles. The van der Waals surface area contributed by atoms with Crippen LogP contribution in [0.4, 0.5) is 5.13 Å². The zero-order valence-electron chi connectivity index (χ0n) is 16.3. The lowest BCUT2D eigenvalue weighted by molar-refractivity contribution is 0.0998. The van der Waals surface area contributed by atoms with Crippen molar-refractivity contribution in [2.45, 2.75) is 13.8 Å². The van der Waals surface area contributed by atoms with E-state index in [9.17, 15) is 4.79 Å². The van der Waals surface area contributed by atoms with Crippen molar-refractivity contribution in [3.05, 3.63) is 59.2 Å². The molecule has 1 N–H and O–H groups in total. The highest BCUT2D eigenvalue weighted by atomic mass is 32.1. The van der Waals surface area contributed by atoms with Gasteiger partial charge in [-0.2, -0.15) is 0 Å². The summed E-state index contributed by atoms with van der Waals surface area (Å²) in [5, 5.41) is 6.03. The molecular weight excluding hydrogens is 388 g/mol. The minimum atomic E-state index is -0.351. The summed E-state index contributed by atoms with van der Waals surface area (Å²) in [6.07, 6.45) is 0. The van der Waals surface area contributed by atoms with Gasteiger partial charge in [-0.1, -0.05) is 12.1 Å². The van der Waals surface area contributed by atoms with Gasteiger partial charge in [0.25, 0.3) is 5.91 Å². The Hall–Kier alpha value is -3.32. The summed E-state index contributed by atoms with van der Waals surface area (Å²) in [7, 11) is 1.65. The second-order valence-electron chi connectivity index (χ2n) is 6.39. The Morgan fingerprint density at radius 2 is 2.07 bits per heavy atom. The maximum Gasteiger partial charge on any atom is 0.293 e. The van der Waals surface area contributed by atoms with Gasteiger partial charge in [0.1, 0.15) is 5.75 Å². The van der Waals surface area contributed by atoms with E-state index in [4.69, 9.17) is 13.9 Å². The third-order valence-electron chi connectivity index (χ3n) is 4.45. The van der Waals surface area contributed by atoms with Gasteiger partial charge in [-0.05, 0) is 49.7 Å². The number of hydrogen-bond acceptors (Lipinski definition) is 6. The number of furan rings is 1. The number of amides is 1. The number of fused-ring (bicyclic) bond motifs is 1. The molecule has 7 heteroatoms. The molecule has 0 spiro atoms. The molecule has 2 aromatic heterocycles. The highest BCUT2D eigenvalue weighted by molar-refractivity contribution is 7.14. The van der Waals surface area contributed by atoms with Crippen molar-refractivity contribution < 1.29 is 18.7 Å². The number of benzene rings is 2. The molecule has 0 unspecified atom stereocenters. The third-order valence-corrected chi connectivity index (χ3v) is 5.20. The first-order valence-corrected chi connectivity index (χ1v) is 10.0. The Kier molecular flexibility index (Phi) is 5.22. The van der Waals surface area contributed by atoms with Gasteiger partial charge in [-0.3, -0.25) is 10.1 Å². The predicted octanol–water partition coefficient (Wildman–Crippen LogP) is 5.52. The second kappa shape index (κ2) is 7.97. The fraction of sp³-hybridized carbons (Fsp3) is 0.182. The van der Waals surface area contributed by atoms with Gasteiger partial charge in [0, 0.05) is 16.3 Å². The minimum absolute atomic E-state index is 0.212. The Balaban J connectivity index is 1.54.